The van der Waals surface area contributed by atoms with Gasteiger partial charge in [-0.1, -0.05) is 54.1 Å². The molecule has 1 saturated carbocycles. The molecule has 3 atom stereocenters. The zero-order valence-corrected chi connectivity index (χ0v) is 20.1. The maximum absolute atomic E-state index is 10.3. The number of hydrogen-bond acceptors (Lipinski definition) is 8. The highest BCUT2D eigenvalue weighted by atomic mass is 35.5. The summed E-state index contributed by atoms with van der Waals surface area (Å²) in [7, 11) is 0. The number of nitrogens with zero attached hydrogens (tertiary/aromatic N) is 3. The van der Waals surface area contributed by atoms with Crippen LogP contribution in [0, 0.1) is 5.92 Å². The molecule has 1 aliphatic rings. The van der Waals surface area contributed by atoms with Gasteiger partial charge in [-0.15, -0.1) is 11.3 Å². The summed E-state index contributed by atoms with van der Waals surface area (Å²) in [5.41, 5.74) is 2.77. The minimum absolute atomic E-state index is 0.0385. The number of fused-ring (bicyclic) bond motifs is 1. The molecule has 34 heavy (non-hydrogen) atoms. The van der Waals surface area contributed by atoms with Crippen molar-refractivity contribution in [3.05, 3.63) is 65.3 Å². The third-order valence-corrected chi connectivity index (χ3v) is 7.47. The second-order valence-corrected chi connectivity index (χ2v) is 9.92. The maximum atomic E-state index is 10.3. The molecular formula is C25H26ClN5O2S. The minimum Gasteiger partial charge on any atom is -0.396 e. The van der Waals surface area contributed by atoms with Gasteiger partial charge in [-0.25, -0.2) is 9.97 Å². The van der Waals surface area contributed by atoms with Crippen LogP contribution in [-0.2, 0) is 6.42 Å². The lowest BCUT2D eigenvalue weighted by atomic mass is 10.1. The summed E-state index contributed by atoms with van der Waals surface area (Å²) in [6, 6.07) is 18.1. The third-order valence-electron chi connectivity index (χ3n) is 6.15. The maximum Gasteiger partial charge on any atom is 0.226 e. The van der Waals surface area contributed by atoms with Crippen molar-refractivity contribution in [2.75, 3.05) is 23.8 Å². The fourth-order valence-electron chi connectivity index (χ4n) is 4.36. The Kier molecular flexibility index (Phi) is 6.92. The van der Waals surface area contributed by atoms with Crippen LogP contribution in [0.1, 0.15) is 18.4 Å². The molecule has 2 aromatic carbocycles. The molecule has 0 aliphatic heterocycles. The van der Waals surface area contributed by atoms with E-state index in [-0.39, 0.29) is 18.6 Å². The fraction of sp³-hybridized carbons (Fsp3) is 0.320. The molecule has 0 saturated heterocycles. The van der Waals surface area contributed by atoms with E-state index in [0.29, 0.717) is 41.9 Å². The van der Waals surface area contributed by atoms with Gasteiger partial charge in [-0.3, -0.25) is 0 Å². The van der Waals surface area contributed by atoms with Crippen LogP contribution < -0.4 is 10.6 Å². The Morgan fingerprint density at radius 2 is 1.79 bits per heavy atom. The lowest BCUT2D eigenvalue weighted by Crippen LogP contribution is -2.19. The van der Waals surface area contributed by atoms with E-state index in [1.54, 1.807) is 0 Å². The van der Waals surface area contributed by atoms with Crippen LogP contribution in [0.25, 0.3) is 20.8 Å². The third kappa shape index (κ3) is 5.00. The number of rotatable bonds is 8. The topological polar surface area (TPSA) is 103 Å². The second-order valence-electron chi connectivity index (χ2n) is 8.53. The molecule has 2 aromatic heterocycles. The van der Waals surface area contributed by atoms with Crippen LogP contribution >= 0.6 is 22.9 Å². The van der Waals surface area contributed by atoms with Crippen molar-refractivity contribution < 1.29 is 10.2 Å². The van der Waals surface area contributed by atoms with Crippen LogP contribution in [0.2, 0.25) is 5.15 Å². The van der Waals surface area contributed by atoms with Gasteiger partial charge in [0.15, 0.2) is 0 Å². The Bertz CT molecular complexity index is 1240. The van der Waals surface area contributed by atoms with Gasteiger partial charge in [-0.05, 0) is 37.0 Å². The van der Waals surface area contributed by atoms with Crippen LogP contribution in [0.5, 0.6) is 0 Å². The van der Waals surface area contributed by atoms with Crippen molar-refractivity contribution in [1.29, 1.82) is 0 Å². The summed E-state index contributed by atoms with van der Waals surface area (Å²) >= 11 is 8.25. The first kappa shape index (κ1) is 23.0. The highest BCUT2D eigenvalue weighted by Gasteiger charge is 2.33. The van der Waals surface area contributed by atoms with Gasteiger partial charge in [0.25, 0.3) is 0 Å². The molecule has 1 fully saturated rings. The van der Waals surface area contributed by atoms with E-state index < -0.39 is 6.10 Å². The smallest absolute Gasteiger partial charge is 0.226 e. The molecule has 0 spiro atoms. The number of anilines is 2. The standard InChI is InChI=1S/C25H26ClN5O2S/c26-22-21(24-29-18-8-4-5-9-20(18)34-24)23(28-17-12-16(14-32)19(33)13-17)31-25(30-22)27-11-10-15-6-2-1-3-7-15/h1-9,16-17,19,32-33H,10-14H2,(H2,27,28,30,31)/t16-,17-,19+/m1/s1. The number of thiazole rings is 1. The normalized spacial score (nSPS) is 20.0. The molecule has 176 valence electrons. The SMILES string of the molecule is OC[C@H]1C[C@@H](Nc2nc(NCCc3ccccc3)nc(Cl)c2-c2nc3ccccc3s2)C[C@@H]1O. The molecule has 9 heteroatoms. The number of hydrogen-bond donors (Lipinski definition) is 4. The lowest BCUT2D eigenvalue weighted by Gasteiger charge is -2.17. The Hall–Kier alpha value is -2.78. The number of aliphatic hydroxyl groups is 2. The molecule has 2 heterocycles. The van der Waals surface area contributed by atoms with Crippen molar-refractivity contribution in [3.8, 4) is 10.6 Å². The van der Waals surface area contributed by atoms with Gasteiger partial charge in [0.05, 0.1) is 21.9 Å². The van der Waals surface area contributed by atoms with E-state index in [9.17, 15) is 10.2 Å². The first-order valence-corrected chi connectivity index (χ1v) is 12.6. The largest absolute Gasteiger partial charge is 0.396 e. The van der Waals surface area contributed by atoms with E-state index in [1.807, 2.05) is 42.5 Å². The van der Waals surface area contributed by atoms with Gasteiger partial charge >= 0.3 is 0 Å². The van der Waals surface area contributed by atoms with Crippen LogP contribution in [0.4, 0.5) is 11.8 Å². The average molecular weight is 496 g/mol. The molecule has 1 aliphatic carbocycles. The molecule has 4 aromatic rings. The zero-order chi connectivity index (χ0) is 23.5. The molecule has 0 amide bonds. The molecular weight excluding hydrogens is 470 g/mol. The summed E-state index contributed by atoms with van der Waals surface area (Å²) in [5.74, 6) is 0.867. The van der Waals surface area contributed by atoms with E-state index in [0.717, 1.165) is 21.6 Å². The summed E-state index contributed by atoms with van der Waals surface area (Å²) in [4.78, 5) is 14.0. The molecule has 7 nitrogen and oxygen atoms in total. The number of para-hydroxylation sites is 1. The van der Waals surface area contributed by atoms with Crippen molar-refractivity contribution in [3.63, 3.8) is 0 Å². The molecule has 0 unspecified atom stereocenters. The Morgan fingerprint density at radius 3 is 2.56 bits per heavy atom. The average Bonchev–Trinajstić information content (AvgIpc) is 3.42. The summed E-state index contributed by atoms with van der Waals surface area (Å²) in [6.07, 6.45) is 1.46. The van der Waals surface area contributed by atoms with Gasteiger partial charge in [-0.2, -0.15) is 4.98 Å². The highest BCUT2D eigenvalue weighted by Crippen LogP contribution is 2.39. The number of aromatic nitrogens is 3. The van der Waals surface area contributed by atoms with Gasteiger partial charge < -0.3 is 20.8 Å². The number of halogens is 1. The van der Waals surface area contributed by atoms with Crippen molar-refractivity contribution in [2.45, 2.75) is 31.4 Å². The van der Waals surface area contributed by atoms with Crippen molar-refractivity contribution >= 4 is 44.9 Å². The summed E-state index contributed by atoms with van der Waals surface area (Å²) < 4.78 is 1.06. The van der Waals surface area contributed by atoms with E-state index >= 15 is 0 Å². The molecule has 5 rings (SSSR count). The zero-order valence-electron chi connectivity index (χ0n) is 18.5. The lowest BCUT2D eigenvalue weighted by molar-refractivity contribution is 0.0908. The van der Waals surface area contributed by atoms with Crippen LogP contribution in [0.3, 0.4) is 0 Å². The Labute approximate surface area is 206 Å². The Balaban J connectivity index is 1.44. The van der Waals surface area contributed by atoms with Gasteiger partial charge in [0.1, 0.15) is 16.0 Å². The minimum atomic E-state index is -0.547. The molecule has 0 bridgehead atoms. The number of aliphatic hydroxyl groups excluding tert-OH is 2. The quantitative estimate of drug-likeness (QED) is 0.265. The Morgan fingerprint density at radius 1 is 1.00 bits per heavy atom. The van der Waals surface area contributed by atoms with Crippen molar-refractivity contribution in [2.24, 2.45) is 5.92 Å². The molecule has 0 radical (unpaired) electrons. The van der Waals surface area contributed by atoms with Crippen molar-refractivity contribution in [1.82, 2.24) is 15.0 Å². The monoisotopic (exact) mass is 495 g/mol. The first-order valence-electron chi connectivity index (χ1n) is 11.4. The predicted octanol–water partition coefficient (Wildman–Crippen LogP) is 4.61. The van der Waals surface area contributed by atoms with Gasteiger partial charge in [0.2, 0.25) is 5.95 Å². The first-order chi connectivity index (χ1) is 16.6. The summed E-state index contributed by atoms with van der Waals surface area (Å²) in [5, 5.41) is 27.6. The van der Waals surface area contributed by atoms with E-state index in [1.165, 1.54) is 16.9 Å². The number of benzene rings is 2. The molecule has 4 N–H and O–H groups in total. The van der Waals surface area contributed by atoms with Gasteiger partial charge in [0, 0.05) is 25.1 Å². The van der Waals surface area contributed by atoms with Crippen LogP contribution in [0.15, 0.2) is 54.6 Å². The summed E-state index contributed by atoms with van der Waals surface area (Å²) in [6.45, 7) is 0.621. The highest BCUT2D eigenvalue weighted by molar-refractivity contribution is 7.21. The predicted molar refractivity (Wildman–Crippen MR) is 138 cm³/mol. The van der Waals surface area contributed by atoms with E-state index in [2.05, 4.69) is 27.8 Å². The van der Waals surface area contributed by atoms with E-state index in [4.69, 9.17) is 21.6 Å². The number of nitrogens with one attached hydrogen (secondary N) is 2. The van der Waals surface area contributed by atoms with Crippen LogP contribution in [-0.4, -0.2) is 50.5 Å². The fourth-order valence-corrected chi connectivity index (χ4v) is 5.69. The second kappa shape index (κ2) is 10.2.